The highest BCUT2D eigenvalue weighted by atomic mass is 16.5. The smallest absolute Gasteiger partial charge is 0.134 e. The van der Waals surface area contributed by atoms with E-state index >= 15 is 0 Å². The van der Waals surface area contributed by atoms with Gasteiger partial charge in [0.2, 0.25) is 0 Å². The molecular weight excluding hydrogens is 342 g/mol. The Morgan fingerprint density at radius 1 is 1.22 bits per heavy atom. The molecule has 0 radical (unpaired) electrons. The molecule has 2 aromatic heterocycles. The maximum atomic E-state index is 5.66. The van der Waals surface area contributed by atoms with E-state index in [0.717, 1.165) is 36.7 Å². The van der Waals surface area contributed by atoms with Gasteiger partial charge in [0, 0.05) is 52.1 Å². The van der Waals surface area contributed by atoms with E-state index in [1.54, 1.807) is 19.6 Å². The Morgan fingerprint density at radius 3 is 2.70 bits per heavy atom. The Bertz CT molecular complexity index is 737. The molecule has 146 valence electrons. The van der Waals surface area contributed by atoms with Gasteiger partial charge in [-0.2, -0.15) is 0 Å². The van der Waals surface area contributed by atoms with Crippen LogP contribution in [0.1, 0.15) is 12.0 Å². The minimum Gasteiger partial charge on any atom is -0.384 e. The van der Waals surface area contributed by atoms with Gasteiger partial charge in [0.15, 0.2) is 0 Å². The molecule has 8 nitrogen and oxygen atoms in total. The summed E-state index contributed by atoms with van der Waals surface area (Å²) < 4.78 is 5.61. The number of rotatable bonds is 7. The molecule has 1 aliphatic heterocycles. The minimum absolute atomic E-state index is 0.229. The van der Waals surface area contributed by atoms with Crippen LogP contribution in [0.4, 0.5) is 17.5 Å². The Kier molecular flexibility index (Phi) is 6.08. The van der Waals surface area contributed by atoms with Gasteiger partial charge in [-0.1, -0.05) is 6.07 Å². The van der Waals surface area contributed by atoms with Crippen molar-refractivity contribution in [2.45, 2.75) is 25.1 Å². The van der Waals surface area contributed by atoms with Crippen LogP contribution >= 0.6 is 0 Å². The third-order valence-electron chi connectivity index (χ3n) is 4.88. The third-order valence-corrected chi connectivity index (χ3v) is 4.88. The van der Waals surface area contributed by atoms with Crippen molar-refractivity contribution in [1.29, 1.82) is 0 Å². The van der Waals surface area contributed by atoms with Gasteiger partial charge in [0.1, 0.15) is 23.8 Å². The molecule has 3 rings (SSSR count). The lowest BCUT2D eigenvalue weighted by Gasteiger charge is -2.28. The van der Waals surface area contributed by atoms with Crippen molar-refractivity contribution >= 4 is 17.5 Å². The van der Waals surface area contributed by atoms with Crippen LogP contribution in [0.3, 0.4) is 0 Å². The molecule has 2 N–H and O–H groups in total. The van der Waals surface area contributed by atoms with E-state index in [0.29, 0.717) is 18.4 Å². The van der Waals surface area contributed by atoms with Crippen LogP contribution in [0.15, 0.2) is 30.7 Å². The number of likely N-dealkylation sites (N-methyl/N-ethyl adjacent to an activating group) is 1. The van der Waals surface area contributed by atoms with E-state index in [2.05, 4.69) is 43.7 Å². The summed E-state index contributed by atoms with van der Waals surface area (Å²) in [4.78, 5) is 19.8. The number of ether oxygens (including phenoxy) is 1. The van der Waals surface area contributed by atoms with Gasteiger partial charge >= 0.3 is 0 Å². The second-order valence-electron chi connectivity index (χ2n) is 7.34. The normalized spacial score (nSPS) is 19.7. The second kappa shape index (κ2) is 8.49. The van der Waals surface area contributed by atoms with Crippen molar-refractivity contribution in [2.75, 3.05) is 56.9 Å². The molecular formula is C19H29N7O. The zero-order chi connectivity index (χ0) is 19.4. The maximum absolute atomic E-state index is 5.66. The first kappa shape index (κ1) is 19.3. The molecule has 3 heterocycles. The Balaban J connectivity index is 1.76. The van der Waals surface area contributed by atoms with Crippen molar-refractivity contribution in [1.82, 2.24) is 19.9 Å². The number of hydrogen-bond donors (Lipinski definition) is 1. The summed E-state index contributed by atoms with van der Waals surface area (Å²) in [6.07, 6.45) is 4.66. The van der Waals surface area contributed by atoms with Crippen molar-refractivity contribution in [3.8, 4) is 0 Å². The molecule has 0 bridgehead atoms. The van der Waals surface area contributed by atoms with E-state index in [-0.39, 0.29) is 6.10 Å². The highest BCUT2D eigenvalue weighted by molar-refractivity contribution is 5.51. The van der Waals surface area contributed by atoms with E-state index in [4.69, 9.17) is 10.5 Å². The largest absolute Gasteiger partial charge is 0.384 e. The van der Waals surface area contributed by atoms with Crippen LogP contribution in [0.2, 0.25) is 0 Å². The van der Waals surface area contributed by atoms with Gasteiger partial charge in [0.25, 0.3) is 0 Å². The standard InChI is InChI=1S/C19H29N7O/c1-24(2)11-15-7-16(27-4)12-26(15)19-8-18(22-13-23-19)25(3)10-14-5-6-17(20)21-9-14/h5-6,8-9,13,15-16H,7,10-12H2,1-4H3,(H2,20,21)/t15-,16-/m0/s1. The van der Waals surface area contributed by atoms with Gasteiger partial charge in [-0.25, -0.2) is 15.0 Å². The molecule has 1 saturated heterocycles. The monoisotopic (exact) mass is 371 g/mol. The molecule has 1 fully saturated rings. The van der Waals surface area contributed by atoms with Crippen LogP contribution in [0.25, 0.3) is 0 Å². The number of methoxy groups -OCH3 is 1. The second-order valence-corrected chi connectivity index (χ2v) is 7.34. The summed E-state index contributed by atoms with van der Waals surface area (Å²) >= 11 is 0. The number of nitrogen functional groups attached to an aromatic ring is 1. The molecule has 27 heavy (non-hydrogen) atoms. The third kappa shape index (κ3) is 4.84. The first-order valence-corrected chi connectivity index (χ1v) is 9.14. The summed E-state index contributed by atoms with van der Waals surface area (Å²) in [6, 6.07) is 6.22. The average Bonchev–Trinajstić information content (AvgIpc) is 3.06. The lowest BCUT2D eigenvalue weighted by molar-refractivity contribution is 0.117. The molecule has 1 aliphatic rings. The van der Waals surface area contributed by atoms with Crippen LogP contribution in [-0.2, 0) is 11.3 Å². The lowest BCUT2D eigenvalue weighted by Crippen LogP contribution is -2.38. The highest BCUT2D eigenvalue weighted by Crippen LogP contribution is 2.27. The quantitative estimate of drug-likeness (QED) is 0.778. The Hall–Kier alpha value is -2.45. The predicted octanol–water partition coefficient (Wildman–Crippen LogP) is 1.25. The van der Waals surface area contributed by atoms with Crippen LogP contribution in [-0.4, -0.2) is 73.3 Å². The fourth-order valence-electron chi connectivity index (χ4n) is 3.51. The lowest BCUT2D eigenvalue weighted by atomic mass is 10.2. The van der Waals surface area contributed by atoms with Gasteiger partial charge < -0.3 is 25.2 Å². The van der Waals surface area contributed by atoms with Crippen LogP contribution in [0.5, 0.6) is 0 Å². The van der Waals surface area contributed by atoms with E-state index < -0.39 is 0 Å². The first-order chi connectivity index (χ1) is 13.0. The van der Waals surface area contributed by atoms with Crippen molar-refractivity contribution in [3.05, 3.63) is 36.3 Å². The van der Waals surface area contributed by atoms with Gasteiger partial charge in [-0.05, 0) is 32.1 Å². The van der Waals surface area contributed by atoms with Crippen molar-refractivity contribution in [2.24, 2.45) is 0 Å². The molecule has 0 aromatic carbocycles. The summed E-state index contributed by atoms with van der Waals surface area (Å²) in [6.45, 7) is 2.51. The number of nitrogens with zero attached hydrogens (tertiary/aromatic N) is 6. The summed E-state index contributed by atoms with van der Waals surface area (Å²) in [5.41, 5.74) is 6.75. The molecule has 2 atom stereocenters. The molecule has 0 saturated carbocycles. The topological polar surface area (TPSA) is 83.6 Å². The van der Waals surface area contributed by atoms with Gasteiger partial charge in [-0.3, -0.25) is 0 Å². The molecule has 0 amide bonds. The number of aromatic nitrogens is 3. The van der Waals surface area contributed by atoms with Crippen molar-refractivity contribution < 1.29 is 4.74 Å². The Labute approximate surface area is 161 Å². The molecule has 2 aromatic rings. The van der Waals surface area contributed by atoms with Gasteiger partial charge in [0.05, 0.1) is 6.10 Å². The minimum atomic E-state index is 0.229. The van der Waals surface area contributed by atoms with E-state index in [1.165, 1.54) is 0 Å². The zero-order valence-corrected chi connectivity index (χ0v) is 16.5. The van der Waals surface area contributed by atoms with Crippen molar-refractivity contribution in [3.63, 3.8) is 0 Å². The number of anilines is 3. The number of hydrogen-bond acceptors (Lipinski definition) is 8. The number of pyridine rings is 1. The number of nitrogens with two attached hydrogens (primary N) is 1. The van der Waals surface area contributed by atoms with Crippen LogP contribution in [0, 0.1) is 0 Å². The molecule has 8 heteroatoms. The first-order valence-electron chi connectivity index (χ1n) is 9.14. The predicted molar refractivity (Wildman–Crippen MR) is 108 cm³/mol. The Morgan fingerprint density at radius 2 is 2.04 bits per heavy atom. The zero-order valence-electron chi connectivity index (χ0n) is 16.5. The fraction of sp³-hybridized carbons (Fsp3) is 0.526. The van der Waals surface area contributed by atoms with E-state index in [9.17, 15) is 0 Å². The highest BCUT2D eigenvalue weighted by Gasteiger charge is 2.33. The van der Waals surface area contributed by atoms with Crippen LogP contribution < -0.4 is 15.5 Å². The molecule has 0 spiro atoms. The maximum Gasteiger partial charge on any atom is 0.134 e. The SMILES string of the molecule is CO[C@H]1C[C@@H](CN(C)C)N(c2cc(N(C)Cc3ccc(N)nc3)ncn2)C1. The molecule has 0 unspecified atom stereocenters. The summed E-state index contributed by atoms with van der Waals surface area (Å²) in [5.74, 6) is 2.34. The summed E-state index contributed by atoms with van der Waals surface area (Å²) in [7, 11) is 7.98. The molecule has 0 aliphatic carbocycles. The van der Waals surface area contributed by atoms with Gasteiger partial charge in [-0.15, -0.1) is 0 Å². The fourth-order valence-corrected chi connectivity index (χ4v) is 3.51. The average molecular weight is 371 g/mol. The summed E-state index contributed by atoms with van der Waals surface area (Å²) in [5, 5.41) is 0. The van der Waals surface area contributed by atoms with E-state index in [1.807, 2.05) is 25.2 Å².